The second-order valence-electron chi connectivity index (χ2n) is 3.59. The summed E-state index contributed by atoms with van der Waals surface area (Å²) in [5.74, 6) is 0.405. The van der Waals surface area contributed by atoms with Gasteiger partial charge in [-0.25, -0.2) is 0 Å². The molecule has 78 valence electrons. The summed E-state index contributed by atoms with van der Waals surface area (Å²) in [6.45, 7) is 9.19. The van der Waals surface area contributed by atoms with Crippen molar-refractivity contribution >= 4 is 0 Å². The van der Waals surface area contributed by atoms with Gasteiger partial charge in [-0.2, -0.15) is 0 Å². The zero-order valence-electron chi connectivity index (χ0n) is 9.25. The fourth-order valence-corrected chi connectivity index (χ4v) is 1.53. The third-order valence-corrected chi connectivity index (χ3v) is 2.52. The molecule has 1 aromatic rings. The molecule has 0 saturated heterocycles. The summed E-state index contributed by atoms with van der Waals surface area (Å²) in [6, 6.07) is 5.75. The van der Waals surface area contributed by atoms with Crippen molar-refractivity contribution in [2.24, 2.45) is 0 Å². The Balaban J connectivity index is 2.79. The molecule has 14 heavy (non-hydrogen) atoms. The van der Waals surface area contributed by atoms with Crippen molar-refractivity contribution in [3.63, 3.8) is 0 Å². The number of hydrogen-bond donors (Lipinski definition) is 1. The Morgan fingerprint density at radius 3 is 2.43 bits per heavy atom. The second-order valence-corrected chi connectivity index (χ2v) is 3.59. The Morgan fingerprint density at radius 2 is 1.86 bits per heavy atom. The van der Waals surface area contributed by atoms with E-state index in [9.17, 15) is 5.11 Å². The lowest BCUT2D eigenvalue weighted by Crippen LogP contribution is -2.22. The van der Waals surface area contributed by atoms with Gasteiger partial charge in [-0.3, -0.25) is 4.90 Å². The van der Waals surface area contributed by atoms with Crippen molar-refractivity contribution in [1.82, 2.24) is 4.90 Å². The van der Waals surface area contributed by atoms with E-state index in [1.807, 2.05) is 19.1 Å². The molecule has 1 rings (SSSR count). The van der Waals surface area contributed by atoms with E-state index in [-0.39, 0.29) is 0 Å². The van der Waals surface area contributed by atoms with Crippen LogP contribution in [0.2, 0.25) is 0 Å². The molecule has 0 unspecified atom stereocenters. The number of hydrogen-bond acceptors (Lipinski definition) is 2. The number of aryl methyl sites for hydroxylation is 1. The highest BCUT2D eigenvalue weighted by Crippen LogP contribution is 2.19. The summed E-state index contributed by atoms with van der Waals surface area (Å²) in [6.07, 6.45) is 0. The molecule has 2 nitrogen and oxygen atoms in total. The van der Waals surface area contributed by atoms with Gasteiger partial charge in [0.15, 0.2) is 0 Å². The van der Waals surface area contributed by atoms with Crippen LogP contribution >= 0.6 is 0 Å². The van der Waals surface area contributed by atoms with Crippen LogP contribution in [0.1, 0.15) is 25.0 Å². The lowest BCUT2D eigenvalue weighted by Gasteiger charge is -2.18. The van der Waals surface area contributed by atoms with Crippen molar-refractivity contribution in [2.45, 2.75) is 27.3 Å². The highest BCUT2D eigenvalue weighted by Gasteiger charge is 2.05. The standard InChI is InChI=1S/C12H19NO/c1-4-13(5-2)9-11-8-10(3)6-7-12(11)14/h6-8,14H,4-5,9H2,1-3H3. The van der Waals surface area contributed by atoms with E-state index < -0.39 is 0 Å². The first-order valence-electron chi connectivity index (χ1n) is 5.18. The van der Waals surface area contributed by atoms with Crippen LogP contribution in [-0.2, 0) is 6.54 Å². The molecule has 0 saturated carbocycles. The highest BCUT2D eigenvalue weighted by atomic mass is 16.3. The summed E-state index contributed by atoms with van der Waals surface area (Å²) in [4.78, 5) is 2.29. The summed E-state index contributed by atoms with van der Waals surface area (Å²) >= 11 is 0. The molecule has 1 aromatic carbocycles. The first-order chi connectivity index (χ1) is 6.67. The van der Waals surface area contributed by atoms with Gasteiger partial charge in [0.1, 0.15) is 5.75 Å². The molecule has 0 spiro atoms. The van der Waals surface area contributed by atoms with Gasteiger partial charge in [0.05, 0.1) is 0 Å². The van der Waals surface area contributed by atoms with E-state index in [4.69, 9.17) is 0 Å². The Kier molecular flexibility index (Phi) is 3.96. The van der Waals surface area contributed by atoms with Crippen LogP contribution in [-0.4, -0.2) is 23.1 Å². The van der Waals surface area contributed by atoms with E-state index in [1.54, 1.807) is 6.07 Å². The number of nitrogens with zero attached hydrogens (tertiary/aromatic N) is 1. The van der Waals surface area contributed by atoms with Crippen LogP contribution in [0.3, 0.4) is 0 Å². The molecule has 0 amide bonds. The molecule has 0 heterocycles. The summed E-state index contributed by atoms with van der Waals surface area (Å²) < 4.78 is 0. The smallest absolute Gasteiger partial charge is 0.120 e. The van der Waals surface area contributed by atoms with Crippen LogP contribution in [0.25, 0.3) is 0 Å². The average Bonchev–Trinajstić information content (AvgIpc) is 2.19. The van der Waals surface area contributed by atoms with Gasteiger partial charge >= 0.3 is 0 Å². The molecular formula is C12H19NO. The average molecular weight is 193 g/mol. The van der Waals surface area contributed by atoms with Crippen LogP contribution < -0.4 is 0 Å². The van der Waals surface area contributed by atoms with Crippen molar-refractivity contribution in [1.29, 1.82) is 0 Å². The van der Waals surface area contributed by atoms with Crippen molar-refractivity contribution in [3.05, 3.63) is 29.3 Å². The largest absolute Gasteiger partial charge is 0.508 e. The van der Waals surface area contributed by atoms with Crippen LogP contribution in [0.5, 0.6) is 5.75 Å². The van der Waals surface area contributed by atoms with E-state index in [0.29, 0.717) is 5.75 Å². The van der Waals surface area contributed by atoms with Gasteiger partial charge in [0.25, 0.3) is 0 Å². The summed E-state index contributed by atoms with van der Waals surface area (Å²) in [7, 11) is 0. The molecular weight excluding hydrogens is 174 g/mol. The van der Waals surface area contributed by atoms with Crippen molar-refractivity contribution in [2.75, 3.05) is 13.1 Å². The van der Waals surface area contributed by atoms with Crippen LogP contribution in [0, 0.1) is 6.92 Å². The Bertz CT molecular complexity index is 292. The minimum atomic E-state index is 0.405. The maximum absolute atomic E-state index is 9.65. The van der Waals surface area contributed by atoms with E-state index in [2.05, 4.69) is 18.7 Å². The lowest BCUT2D eigenvalue weighted by atomic mass is 10.1. The van der Waals surface area contributed by atoms with Gasteiger partial charge in [0, 0.05) is 12.1 Å². The molecule has 0 aliphatic rings. The van der Waals surface area contributed by atoms with Gasteiger partial charge in [-0.1, -0.05) is 31.5 Å². The van der Waals surface area contributed by atoms with Gasteiger partial charge in [-0.15, -0.1) is 0 Å². The topological polar surface area (TPSA) is 23.5 Å². The number of benzene rings is 1. The second kappa shape index (κ2) is 5.01. The summed E-state index contributed by atoms with van der Waals surface area (Å²) in [5.41, 5.74) is 2.22. The lowest BCUT2D eigenvalue weighted by molar-refractivity contribution is 0.291. The molecule has 0 aromatic heterocycles. The van der Waals surface area contributed by atoms with Gasteiger partial charge < -0.3 is 5.11 Å². The molecule has 0 aliphatic heterocycles. The molecule has 0 atom stereocenters. The first-order valence-corrected chi connectivity index (χ1v) is 5.18. The zero-order valence-corrected chi connectivity index (χ0v) is 9.25. The maximum atomic E-state index is 9.65. The highest BCUT2D eigenvalue weighted by molar-refractivity contribution is 5.35. The van der Waals surface area contributed by atoms with Crippen molar-refractivity contribution < 1.29 is 5.11 Å². The normalized spacial score (nSPS) is 10.9. The number of aromatic hydroxyl groups is 1. The molecule has 0 aliphatic carbocycles. The van der Waals surface area contributed by atoms with E-state index in [1.165, 1.54) is 5.56 Å². The van der Waals surface area contributed by atoms with Crippen LogP contribution in [0.4, 0.5) is 0 Å². The predicted molar refractivity (Wildman–Crippen MR) is 59.5 cm³/mol. The van der Waals surface area contributed by atoms with Crippen molar-refractivity contribution in [3.8, 4) is 5.75 Å². The monoisotopic (exact) mass is 193 g/mol. The Labute approximate surface area is 86.2 Å². The SMILES string of the molecule is CCN(CC)Cc1cc(C)ccc1O. The first kappa shape index (κ1) is 11.1. The summed E-state index contributed by atoms with van der Waals surface area (Å²) in [5, 5.41) is 9.65. The van der Waals surface area contributed by atoms with E-state index >= 15 is 0 Å². The maximum Gasteiger partial charge on any atom is 0.120 e. The van der Waals surface area contributed by atoms with E-state index in [0.717, 1.165) is 25.2 Å². The fraction of sp³-hybridized carbons (Fsp3) is 0.500. The Hall–Kier alpha value is -1.02. The molecule has 1 N–H and O–H groups in total. The third kappa shape index (κ3) is 2.74. The number of phenols is 1. The number of phenolic OH excluding ortho intramolecular Hbond substituents is 1. The molecule has 0 fully saturated rings. The quantitative estimate of drug-likeness (QED) is 0.794. The molecule has 2 heteroatoms. The fourth-order valence-electron chi connectivity index (χ4n) is 1.53. The minimum absolute atomic E-state index is 0.405. The third-order valence-electron chi connectivity index (χ3n) is 2.52. The Morgan fingerprint density at radius 1 is 1.21 bits per heavy atom. The van der Waals surface area contributed by atoms with Crippen LogP contribution in [0.15, 0.2) is 18.2 Å². The molecule has 0 radical (unpaired) electrons. The molecule has 0 bridgehead atoms. The van der Waals surface area contributed by atoms with Gasteiger partial charge in [-0.05, 0) is 26.1 Å². The minimum Gasteiger partial charge on any atom is -0.508 e. The zero-order chi connectivity index (χ0) is 10.6. The van der Waals surface area contributed by atoms with Gasteiger partial charge in [0.2, 0.25) is 0 Å². The predicted octanol–water partition coefficient (Wildman–Crippen LogP) is 2.54. The number of rotatable bonds is 4.